The topological polar surface area (TPSA) is 158 Å². The molecule has 2 aromatic heterocycles. The highest BCUT2D eigenvalue weighted by molar-refractivity contribution is 7.52. The molecule has 41 heavy (non-hydrogen) atoms. The fourth-order valence-electron chi connectivity index (χ4n) is 4.11. The Morgan fingerprint density at radius 1 is 1.24 bits per heavy atom. The summed E-state index contributed by atoms with van der Waals surface area (Å²) in [6.45, 7) is 5.08. The van der Waals surface area contributed by atoms with E-state index in [1.165, 1.54) is 6.92 Å². The van der Waals surface area contributed by atoms with Gasteiger partial charge in [0.25, 0.3) is 5.56 Å². The molecule has 1 aliphatic rings. The summed E-state index contributed by atoms with van der Waals surface area (Å²) in [5.41, 5.74) is -3.24. The van der Waals surface area contributed by atoms with Crippen molar-refractivity contribution >= 4 is 25.1 Å². The first-order chi connectivity index (χ1) is 19.3. The second kappa shape index (κ2) is 12.4. The third-order valence-corrected chi connectivity index (χ3v) is 8.73. The maximum atomic E-state index is 15.6. The van der Waals surface area contributed by atoms with Crippen LogP contribution in [0.5, 0.6) is 5.75 Å². The number of alkyl halides is 1. The van der Waals surface area contributed by atoms with Gasteiger partial charge in [-0.1, -0.05) is 6.07 Å². The second-order valence-corrected chi connectivity index (χ2v) is 12.5. The maximum Gasteiger partial charge on any atom is 0.459 e. The number of halogens is 1. The average Bonchev–Trinajstić information content (AvgIpc) is 3.51. The molecule has 0 saturated carbocycles. The van der Waals surface area contributed by atoms with E-state index < -0.39 is 67.8 Å². The van der Waals surface area contributed by atoms with Crippen LogP contribution in [0.15, 0.2) is 63.6 Å². The van der Waals surface area contributed by atoms with Gasteiger partial charge in [-0.15, -0.1) is 11.3 Å². The number of thiophene rings is 1. The van der Waals surface area contributed by atoms with Gasteiger partial charge in [-0.25, -0.2) is 13.8 Å². The largest absolute Gasteiger partial charge is 0.462 e. The van der Waals surface area contributed by atoms with Gasteiger partial charge in [-0.2, -0.15) is 5.09 Å². The number of hydrogen-bond donors (Lipinski definition) is 3. The van der Waals surface area contributed by atoms with Gasteiger partial charge in [-0.3, -0.25) is 23.7 Å². The molecule has 6 atom stereocenters. The summed E-state index contributed by atoms with van der Waals surface area (Å²) in [6.07, 6.45) is -4.26. The molecular weight excluding hydrogens is 580 g/mol. The van der Waals surface area contributed by atoms with Crippen LogP contribution in [-0.2, 0) is 23.4 Å². The van der Waals surface area contributed by atoms with Gasteiger partial charge >= 0.3 is 19.4 Å². The lowest BCUT2D eigenvalue weighted by atomic mass is 9.98. The van der Waals surface area contributed by atoms with E-state index in [0.717, 1.165) is 34.2 Å². The van der Waals surface area contributed by atoms with E-state index in [1.807, 2.05) is 22.5 Å². The van der Waals surface area contributed by atoms with Crippen molar-refractivity contribution in [2.24, 2.45) is 0 Å². The van der Waals surface area contributed by atoms with Gasteiger partial charge < -0.3 is 19.1 Å². The van der Waals surface area contributed by atoms with Crippen molar-refractivity contribution in [3.05, 3.63) is 74.9 Å². The summed E-state index contributed by atoms with van der Waals surface area (Å²) in [6, 6.07) is 10.4. The van der Waals surface area contributed by atoms with Crippen molar-refractivity contribution in [2.45, 2.75) is 63.9 Å². The van der Waals surface area contributed by atoms with Crippen LogP contribution in [0, 0.1) is 0 Å². The number of aromatic amines is 1. The molecule has 0 spiro atoms. The number of aromatic nitrogens is 2. The van der Waals surface area contributed by atoms with Gasteiger partial charge in [0.05, 0.1) is 12.7 Å². The number of esters is 1. The molecule has 0 bridgehead atoms. The second-order valence-electron chi connectivity index (χ2n) is 9.86. The molecule has 1 unspecified atom stereocenters. The lowest BCUT2D eigenvalue weighted by Crippen LogP contribution is -2.43. The van der Waals surface area contributed by atoms with E-state index in [0.29, 0.717) is 0 Å². The predicted octanol–water partition coefficient (Wildman–Crippen LogP) is 3.39. The van der Waals surface area contributed by atoms with Gasteiger partial charge in [0.15, 0.2) is 11.9 Å². The quantitative estimate of drug-likeness (QED) is 0.217. The molecule has 1 fully saturated rings. The van der Waals surface area contributed by atoms with E-state index in [4.69, 9.17) is 18.5 Å². The van der Waals surface area contributed by atoms with Crippen LogP contribution in [0.1, 0.15) is 33.9 Å². The van der Waals surface area contributed by atoms with Crippen LogP contribution in [0.25, 0.3) is 10.4 Å². The number of carbonyl (C=O) groups is 1. The first-order valence-corrected chi connectivity index (χ1v) is 15.1. The number of carbonyl (C=O) groups excluding carboxylic acids is 1. The van der Waals surface area contributed by atoms with E-state index in [9.17, 15) is 24.1 Å². The Hall–Kier alpha value is -3.13. The molecule has 0 radical (unpaired) electrons. The van der Waals surface area contributed by atoms with Gasteiger partial charge in [0, 0.05) is 17.1 Å². The minimum atomic E-state index is -4.38. The number of aliphatic hydroxyl groups excluding tert-OH is 1. The van der Waals surface area contributed by atoms with Gasteiger partial charge in [0.2, 0.25) is 0 Å². The molecule has 3 heterocycles. The van der Waals surface area contributed by atoms with Crippen LogP contribution < -0.4 is 20.9 Å². The van der Waals surface area contributed by atoms with Crippen molar-refractivity contribution in [3.8, 4) is 16.2 Å². The zero-order valence-electron chi connectivity index (χ0n) is 22.7. The van der Waals surface area contributed by atoms with Crippen LogP contribution >= 0.6 is 19.1 Å². The van der Waals surface area contributed by atoms with Crippen molar-refractivity contribution < 1.29 is 37.4 Å². The van der Waals surface area contributed by atoms with E-state index in [2.05, 4.69) is 5.09 Å². The lowest BCUT2D eigenvalue weighted by molar-refractivity contribution is -0.149. The molecular formula is C26H31FN3O9PS. The average molecular weight is 612 g/mol. The van der Waals surface area contributed by atoms with Crippen LogP contribution in [0.2, 0.25) is 0 Å². The Bertz CT molecular complexity index is 1510. The monoisotopic (exact) mass is 611 g/mol. The minimum Gasteiger partial charge on any atom is -0.462 e. The van der Waals surface area contributed by atoms with Gasteiger partial charge in [0.1, 0.15) is 24.0 Å². The SMILES string of the molecule is CC(C)OC(=O)[C@H](C)NP(=O)(OC[C@H]1O[C@@H](n2ccc(=O)[nH]c2=O)[C@](C)(F)[C@@H]1O)Oc1ccc(-c2cccs2)cc1. The summed E-state index contributed by atoms with van der Waals surface area (Å²) in [5, 5.41) is 15.1. The summed E-state index contributed by atoms with van der Waals surface area (Å²) >= 11 is 1.54. The zero-order valence-corrected chi connectivity index (χ0v) is 24.4. The Morgan fingerprint density at radius 3 is 2.56 bits per heavy atom. The Morgan fingerprint density at radius 2 is 1.95 bits per heavy atom. The molecule has 1 saturated heterocycles. The van der Waals surface area contributed by atoms with E-state index >= 15 is 4.39 Å². The number of benzene rings is 1. The van der Waals surface area contributed by atoms with Crippen LogP contribution in [0.4, 0.5) is 4.39 Å². The van der Waals surface area contributed by atoms with Crippen LogP contribution in [-0.4, -0.2) is 57.3 Å². The van der Waals surface area contributed by atoms with Crippen molar-refractivity contribution in [3.63, 3.8) is 0 Å². The maximum absolute atomic E-state index is 15.6. The normalized spacial score (nSPS) is 24.6. The van der Waals surface area contributed by atoms with E-state index in [-0.39, 0.29) is 5.75 Å². The number of ether oxygens (including phenoxy) is 2. The van der Waals surface area contributed by atoms with Crippen molar-refractivity contribution in [1.82, 2.24) is 14.6 Å². The molecule has 3 N–H and O–H groups in total. The number of nitrogens with one attached hydrogen (secondary N) is 2. The smallest absolute Gasteiger partial charge is 0.459 e. The summed E-state index contributed by atoms with van der Waals surface area (Å²) in [4.78, 5) is 39.1. The third-order valence-electron chi connectivity index (χ3n) is 6.17. The van der Waals surface area contributed by atoms with Gasteiger partial charge in [-0.05, 0) is 69.0 Å². The first-order valence-electron chi connectivity index (χ1n) is 12.7. The molecule has 0 aliphatic carbocycles. The highest BCUT2D eigenvalue weighted by Gasteiger charge is 2.56. The highest BCUT2D eigenvalue weighted by atomic mass is 32.1. The number of rotatable bonds is 11. The molecule has 222 valence electrons. The number of H-pyrrole nitrogens is 1. The predicted molar refractivity (Wildman–Crippen MR) is 149 cm³/mol. The first kappa shape index (κ1) is 30.8. The highest BCUT2D eigenvalue weighted by Crippen LogP contribution is 2.47. The third kappa shape index (κ3) is 7.21. The van der Waals surface area contributed by atoms with Crippen LogP contribution in [0.3, 0.4) is 0 Å². The minimum absolute atomic E-state index is 0.145. The Balaban J connectivity index is 1.54. The molecule has 3 aromatic rings. The summed E-state index contributed by atoms with van der Waals surface area (Å²) in [5.74, 6) is -0.571. The fraction of sp³-hybridized carbons (Fsp3) is 0.423. The zero-order chi connectivity index (χ0) is 29.9. The summed E-state index contributed by atoms with van der Waals surface area (Å²) in [7, 11) is -4.38. The summed E-state index contributed by atoms with van der Waals surface area (Å²) < 4.78 is 52.3. The molecule has 15 heteroatoms. The van der Waals surface area contributed by atoms with E-state index in [1.54, 1.807) is 49.4 Å². The number of hydrogen-bond acceptors (Lipinski definition) is 10. The Labute approximate surface area is 238 Å². The van der Waals surface area contributed by atoms with Crippen molar-refractivity contribution in [1.29, 1.82) is 0 Å². The Kier molecular flexibility index (Phi) is 9.32. The molecule has 4 rings (SSSR count). The molecule has 1 aliphatic heterocycles. The number of aliphatic hydroxyl groups is 1. The number of nitrogens with zero attached hydrogens (tertiary/aromatic N) is 1. The standard InChI is InChI=1S/C26H31FN3O9PS/c1-15(2)37-23(33)16(3)29-40(35,39-18-9-7-17(8-10-18)20-6-5-13-41-20)36-14-19-22(32)26(4,27)24(38-19)30-12-11-21(31)28-25(30)34/h5-13,15-16,19,22,24,32H,14H2,1-4H3,(H,29,35)(H,28,31,34)/t16-,19+,22+,24+,26+,40?/m0/s1. The molecule has 1 aromatic carbocycles. The van der Waals surface area contributed by atoms with Crippen molar-refractivity contribution in [2.75, 3.05) is 6.61 Å². The molecule has 0 amide bonds. The molecule has 12 nitrogen and oxygen atoms in total. The lowest BCUT2D eigenvalue weighted by Gasteiger charge is -2.25. The fourth-order valence-corrected chi connectivity index (χ4v) is 6.35.